The zero-order valence-electron chi connectivity index (χ0n) is 7.36. The van der Waals surface area contributed by atoms with Gasteiger partial charge < -0.3 is 0 Å². The highest BCUT2D eigenvalue weighted by atomic mass is 19.1. The van der Waals surface area contributed by atoms with Crippen LogP contribution in [0.15, 0.2) is 12.6 Å². The number of Topliss-reactive ketones (excluding diaryl/α,β-unsaturated/α-hetero) is 1. The predicted octanol–water partition coefficient (Wildman–Crippen LogP) is 1.88. The van der Waals surface area contributed by atoms with E-state index in [9.17, 15) is 9.18 Å². The van der Waals surface area contributed by atoms with Crippen molar-refractivity contribution in [3.8, 4) is 0 Å². The monoisotopic (exact) mass is 132 g/mol. The smallest absolute Gasteiger partial charge is 0.166 e. The van der Waals surface area contributed by atoms with Crippen LogP contribution < -0.4 is 0 Å². The molecule has 52 valence electrons. The molecule has 0 N–H and O–H groups in total. The van der Waals surface area contributed by atoms with Crippen LogP contribution in [-0.2, 0) is 4.79 Å². The molecule has 0 aromatic carbocycles. The molecule has 0 aliphatic carbocycles. The topological polar surface area (TPSA) is 17.1 Å². The molecule has 0 radical (unpaired) electrons. The number of hydrogen-bond donors (Lipinski definition) is 0. The molecule has 0 aromatic rings. The van der Waals surface area contributed by atoms with Crippen LogP contribution in [0.2, 0.25) is 0 Å². The fourth-order valence-electron chi connectivity index (χ4n) is 0.413. The van der Waals surface area contributed by atoms with Gasteiger partial charge in [0.2, 0.25) is 0 Å². The van der Waals surface area contributed by atoms with Crippen LogP contribution in [-0.4, -0.2) is 12.0 Å². The van der Waals surface area contributed by atoms with Gasteiger partial charge in [-0.15, -0.1) is 6.53 Å². The van der Waals surface area contributed by atoms with Crippen molar-refractivity contribution >= 4 is 5.78 Å². The van der Waals surface area contributed by atoms with Gasteiger partial charge in [-0.1, -0.05) is 6.08 Å². The lowest BCUT2D eigenvalue weighted by Gasteiger charge is -1.96. The first-order chi connectivity index (χ1) is 5.04. The third-order valence-corrected chi connectivity index (χ3v) is 0.979. The molecule has 0 bridgehead atoms. The Morgan fingerprint density at radius 2 is 2.78 bits per heavy atom. The molecule has 0 fully saturated rings. The van der Waals surface area contributed by atoms with Crippen LogP contribution in [0.1, 0.15) is 22.5 Å². The number of hydrogen-bond acceptors (Lipinski definition) is 1. The number of carbonyl (C=O) groups excluding carboxylic acids is 1. The fraction of sp³-hybridized carbons (Fsp3) is 0.571. The molecule has 0 amide bonds. The molecule has 9 heavy (non-hydrogen) atoms. The highest BCUT2D eigenvalue weighted by Gasteiger charge is 2.08. The SMILES string of the molecule is [2H]C([2H])=CCCC(=O)C(C)F. The second-order valence-electron chi connectivity index (χ2n) is 1.83. The van der Waals surface area contributed by atoms with Crippen molar-refractivity contribution in [1.82, 2.24) is 0 Å². The molecule has 1 nitrogen and oxygen atoms in total. The van der Waals surface area contributed by atoms with Gasteiger partial charge in [-0.2, -0.15) is 0 Å². The van der Waals surface area contributed by atoms with Gasteiger partial charge in [0.05, 0.1) is 2.74 Å². The van der Waals surface area contributed by atoms with E-state index in [1.807, 2.05) is 0 Å². The predicted molar refractivity (Wildman–Crippen MR) is 35.0 cm³/mol. The van der Waals surface area contributed by atoms with Crippen LogP contribution in [0.5, 0.6) is 0 Å². The summed E-state index contributed by atoms with van der Waals surface area (Å²) in [6.07, 6.45) is 0.220. The Hall–Kier alpha value is -0.660. The Labute approximate surface area is 57.4 Å². The van der Waals surface area contributed by atoms with E-state index in [0.29, 0.717) is 0 Å². The Kier molecular flexibility index (Phi) is 2.43. The second kappa shape index (κ2) is 4.24. The van der Waals surface area contributed by atoms with E-state index >= 15 is 0 Å². The van der Waals surface area contributed by atoms with E-state index in [2.05, 4.69) is 0 Å². The maximum Gasteiger partial charge on any atom is 0.166 e. The number of alkyl halides is 1. The molecule has 0 rings (SSSR count). The van der Waals surface area contributed by atoms with E-state index in [0.717, 1.165) is 0 Å². The summed E-state index contributed by atoms with van der Waals surface area (Å²) >= 11 is 0. The van der Waals surface area contributed by atoms with E-state index in [1.54, 1.807) is 0 Å². The second-order valence-corrected chi connectivity index (χ2v) is 1.83. The van der Waals surface area contributed by atoms with Crippen molar-refractivity contribution in [2.45, 2.75) is 25.9 Å². The Bertz CT molecular complexity index is 162. The highest BCUT2D eigenvalue weighted by Crippen LogP contribution is 1.98. The molecule has 1 unspecified atom stereocenters. The van der Waals surface area contributed by atoms with E-state index in [4.69, 9.17) is 2.74 Å². The third kappa shape index (κ3) is 3.88. The summed E-state index contributed by atoms with van der Waals surface area (Å²) in [6.45, 7) is 0.859. The van der Waals surface area contributed by atoms with Crippen LogP contribution in [0.25, 0.3) is 0 Å². The van der Waals surface area contributed by atoms with Gasteiger partial charge in [-0.25, -0.2) is 4.39 Å². The summed E-state index contributed by atoms with van der Waals surface area (Å²) in [7, 11) is 0. The van der Waals surface area contributed by atoms with Gasteiger partial charge in [0, 0.05) is 6.42 Å². The Morgan fingerprint density at radius 1 is 2.11 bits per heavy atom. The average Bonchev–Trinajstić information content (AvgIpc) is 1.86. The molecular formula is C7H11FO. The maximum absolute atomic E-state index is 12.2. The summed E-state index contributed by atoms with van der Waals surface area (Å²) in [5.41, 5.74) is 0. The molecule has 0 aliphatic heterocycles. The summed E-state index contributed by atoms with van der Waals surface area (Å²) in [5.74, 6) is -0.470. The van der Waals surface area contributed by atoms with Gasteiger partial charge in [-0.3, -0.25) is 4.79 Å². The first kappa shape index (κ1) is 5.15. The normalized spacial score (nSPS) is 15.3. The minimum atomic E-state index is -1.43. The van der Waals surface area contributed by atoms with Gasteiger partial charge in [0.25, 0.3) is 0 Å². The molecule has 0 spiro atoms. The molecule has 0 heterocycles. The quantitative estimate of drug-likeness (QED) is 0.534. The molecule has 0 aromatic heterocycles. The number of halogens is 1. The van der Waals surface area contributed by atoms with Crippen molar-refractivity contribution in [3.63, 3.8) is 0 Å². The average molecular weight is 132 g/mol. The molecular weight excluding hydrogens is 119 g/mol. The number of carbonyl (C=O) groups is 1. The van der Waals surface area contributed by atoms with Crippen LogP contribution in [0, 0.1) is 0 Å². The van der Waals surface area contributed by atoms with Gasteiger partial charge in [-0.05, 0) is 13.3 Å². The minimum Gasteiger partial charge on any atom is -0.296 e. The van der Waals surface area contributed by atoms with Gasteiger partial charge in [0.15, 0.2) is 12.0 Å². The first-order valence-corrected chi connectivity index (χ1v) is 2.84. The standard InChI is InChI=1S/C7H11FO/c1-3-4-5-7(9)6(2)8/h3,6H,1,4-5H2,2H3/i1D2. The number of ketones is 1. The van der Waals surface area contributed by atoms with E-state index in [-0.39, 0.29) is 19.4 Å². The largest absolute Gasteiger partial charge is 0.296 e. The Morgan fingerprint density at radius 3 is 3.22 bits per heavy atom. The van der Waals surface area contributed by atoms with Gasteiger partial charge in [0.1, 0.15) is 0 Å². The lowest BCUT2D eigenvalue weighted by molar-refractivity contribution is -0.123. The van der Waals surface area contributed by atoms with E-state index in [1.165, 1.54) is 13.0 Å². The summed E-state index contributed by atoms with van der Waals surface area (Å²) in [6, 6.07) is 0. The highest BCUT2D eigenvalue weighted by molar-refractivity contribution is 5.82. The van der Waals surface area contributed by atoms with Crippen LogP contribution in [0.4, 0.5) is 4.39 Å². The summed E-state index contributed by atoms with van der Waals surface area (Å²) < 4.78 is 25.5. The van der Waals surface area contributed by atoms with Crippen LogP contribution >= 0.6 is 0 Å². The van der Waals surface area contributed by atoms with Crippen LogP contribution in [0.3, 0.4) is 0 Å². The lowest BCUT2D eigenvalue weighted by atomic mass is 10.2. The maximum atomic E-state index is 12.2. The first-order valence-electron chi connectivity index (χ1n) is 3.84. The molecule has 0 saturated carbocycles. The lowest BCUT2D eigenvalue weighted by Crippen LogP contribution is -2.09. The third-order valence-electron chi connectivity index (χ3n) is 0.979. The molecule has 0 aliphatic rings. The summed E-state index contributed by atoms with van der Waals surface area (Å²) in [5, 5.41) is 0. The van der Waals surface area contributed by atoms with Crippen molar-refractivity contribution in [3.05, 3.63) is 12.6 Å². The molecule has 2 heteroatoms. The molecule has 1 atom stereocenters. The minimum absolute atomic E-state index is 0.0823. The van der Waals surface area contributed by atoms with Crippen molar-refractivity contribution in [2.24, 2.45) is 0 Å². The van der Waals surface area contributed by atoms with E-state index < -0.39 is 12.0 Å². The number of allylic oxidation sites excluding steroid dienone is 1. The molecule has 0 saturated heterocycles. The van der Waals surface area contributed by atoms with Crippen molar-refractivity contribution in [1.29, 1.82) is 0 Å². The summed E-state index contributed by atoms with van der Waals surface area (Å²) in [4.78, 5) is 10.6. The Balaban J connectivity index is 3.56. The van der Waals surface area contributed by atoms with Crippen molar-refractivity contribution in [2.75, 3.05) is 0 Å². The zero-order chi connectivity index (χ0) is 8.85. The fourth-order valence-corrected chi connectivity index (χ4v) is 0.413. The zero-order valence-corrected chi connectivity index (χ0v) is 5.36. The van der Waals surface area contributed by atoms with Gasteiger partial charge >= 0.3 is 0 Å². The number of rotatable bonds is 4. The van der Waals surface area contributed by atoms with Crippen molar-refractivity contribution < 1.29 is 11.9 Å².